The Balaban J connectivity index is 1.54. The molecule has 0 aromatic carbocycles. The number of carbonyl (C=O) groups excluding carboxylic acids is 1. The Bertz CT molecular complexity index is 387. The quantitative estimate of drug-likeness (QED) is 0.610. The molecule has 0 spiro atoms. The van der Waals surface area contributed by atoms with Crippen molar-refractivity contribution in [2.75, 3.05) is 12.3 Å². The Morgan fingerprint density at radius 2 is 2.28 bits per heavy atom. The number of hydrogen-bond acceptors (Lipinski definition) is 4. The lowest BCUT2D eigenvalue weighted by atomic mass is 10.1. The normalized spacial score (nSPS) is 16.1. The average Bonchev–Trinajstić information content (AvgIpc) is 2.99. The van der Waals surface area contributed by atoms with Crippen molar-refractivity contribution in [3.63, 3.8) is 0 Å². The second-order valence-electron chi connectivity index (χ2n) is 4.68. The standard InChI is InChI=1S/C12H20N4OS/c1-9-14-12(16-15-9)18-8-4-7-13-11(17)10-5-2-3-6-10/h10H,2-8H2,1H3,(H,13,17)(H,14,15,16). The van der Waals surface area contributed by atoms with E-state index < -0.39 is 0 Å². The molecule has 0 bridgehead atoms. The number of amides is 1. The van der Waals surface area contributed by atoms with Crippen LogP contribution < -0.4 is 5.32 Å². The van der Waals surface area contributed by atoms with Gasteiger partial charge in [-0.25, -0.2) is 4.98 Å². The monoisotopic (exact) mass is 268 g/mol. The van der Waals surface area contributed by atoms with Gasteiger partial charge in [-0.3, -0.25) is 9.89 Å². The molecule has 1 saturated carbocycles. The summed E-state index contributed by atoms with van der Waals surface area (Å²) in [6, 6.07) is 0. The molecule has 1 fully saturated rings. The molecule has 1 heterocycles. The number of aryl methyl sites for hydroxylation is 1. The number of rotatable bonds is 6. The molecule has 1 aliphatic carbocycles. The van der Waals surface area contributed by atoms with E-state index in [0.717, 1.165) is 42.5 Å². The summed E-state index contributed by atoms with van der Waals surface area (Å²) >= 11 is 1.62. The van der Waals surface area contributed by atoms with Gasteiger partial charge in [0.05, 0.1) is 0 Å². The number of aromatic nitrogens is 3. The first-order chi connectivity index (χ1) is 8.75. The maximum atomic E-state index is 11.7. The number of nitrogens with one attached hydrogen (secondary N) is 2. The molecule has 18 heavy (non-hydrogen) atoms. The Morgan fingerprint density at radius 1 is 1.50 bits per heavy atom. The first kappa shape index (κ1) is 13.4. The van der Waals surface area contributed by atoms with Gasteiger partial charge in [0.2, 0.25) is 11.1 Å². The fourth-order valence-corrected chi connectivity index (χ4v) is 2.95. The van der Waals surface area contributed by atoms with Crippen LogP contribution in [-0.4, -0.2) is 33.4 Å². The van der Waals surface area contributed by atoms with Gasteiger partial charge in [0.1, 0.15) is 5.82 Å². The zero-order chi connectivity index (χ0) is 12.8. The van der Waals surface area contributed by atoms with E-state index in [1.807, 2.05) is 6.92 Å². The lowest BCUT2D eigenvalue weighted by Gasteiger charge is -2.09. The minimum atomic E-state index is 0.242. The highest BCUT2D eigenvalue weighted by Crippen LogP contribution is 2.24. The van der Waals surface area contributed by atoms with Crippen LogP contribution in [0.4, 0.5) is 0 Å². The van der Waals surface area contributed by atoms with Crippen LogP contribution in [0, 0.1) is 12.8 Å². The highest BCUT2D eigenvalue weighted by atomic mass is 32.2. The van der Waals surface area contributed by atoms with E-state index in [4.69, 9.17) is 0 Å². The molecule has 0 atom stereocenters. The third-order valence-electron chi connectivity index (χ3n) is 3.15. The summed E-state index contributed by atoms with van der Waals surface area (Å²) in [5.74, 6) is 2.29. The van der Waals surface area contributed by atoms with Gasteiger partial charge in [-0.1, -0.05) is 24.6 Å². The highest BCUT2D eigenvalue weighted by Gasteiger charge is 2.21. The Kier molecular flexibility index (Phi) is 5.04. The summed E-state index contributed by atoms with van der Waals surface area (Å²) in [5.41, 5.74) is 0. The van der Waals surface area contributed by atoms with Crippen LogP contribution >= 0.6 is 11.8 Å². The smallest absolute Gasteiger partial charge is 0.223 e. The van der Waals surface area contributed by atoms with Crippen LogP contribution in [0.3, 0.4) is 0 Å². The second-order valence-corrected chi connectivity index (χ2v) is 5.74. The van der Waals surface area contributed by atoms with E-state index in [0.29, 0.717) is 0 Å². The van der Waals surface area contributed by atoms with Crippen molar-refractivity contribution in [3.8, 4) is 0 Å². The summed E-state index contributed by atoms with van der Waals surface area (Å²) in [5, 5.41) is 10.7. The van der Waals surface area contributed by atoms with Crippen LogP contribution in [0.2, 0.25) is 0 Å². The zero-order valence-corrected chi connectivity index (χ0v) is 11.6. The third-order valence-corrected chi connectivity index (χ3v) is 4.09. The van der Waals surface area contributed by atoms with E-state index in [1.54, 1.807) is 11.8 Å². The van der Waals surface area contributed by atoms with Crippen molar-refractivity contribution in [2.24, 2.45) is 5.92 Å². The van der Waals surface area contributed by atoms with Gasteiger partial charge in [-0.2, -0.15) is 0 Å². The number of aromatic amines is 1. The van der Waals surface area contributed by atoms with Gasteiger partial charge < -0.3 is 5.32 Å². The molecule has 1 aromatic heterocycles. The molecule has 0 radical (unpaired) electrons. The average molecular weight is 268 g/mol. The largest absolute Gasteiger partial charge is 0.356 e. The Hall–Kier alpha value is -1.04. The van der Waals surface area contributed by atoms with Gasteiger partial charge in [-0.05, 0) is 26.2 Å². The first-order valence-electron chi connectivity index (χ1n) is 6.55. The SMILES string of the molecule is Cc1nc(SCCCNC(=O)C2CCCC2)n[nH]1. The Labute approximate surface area is 112 Å². The predicted molar refractivity (Wildman–Crippen MR) is 71.4 cm³/mol. The number of nitrogens with zero attached hydrogens (tertiary/aromatic N) is 2. The Morgan fingerprint density at radius 3 is 2.94 bits per heavy atom. The molecule has 2 rings (SSSR count). The van der Waals surface area contributed by atoms with Crippen molar-refractivity contribution in [1.29, 1.82) is 0 Å². The molecule has 1 aromatic rings. The molecule has 1 aliphatic rings. The lowest BCUT2D eigenvalue weighted by molar-refractivity contribution is -0.124. The molecular weight excluding hydrogens is 248 g/mol. The molecule has 100 valence electrons. The van der Waals surface area contributed by atoms with Gasteiger partial charge in [0, 0.05) is 18.2 Å². The molecule has 0 aliphatic heterocycles. The minimum Gasteiger partial charge on any atom is -0.356 e. The van der Waals surface area contributed by atoms with Crippen molar-refractivity contribution in [1.82, 2.24) is 20.5 Å². The van der Waals surface area contributed by atoms with Crippen molar-refractivity contribution in [3.05, 3.63) is 5.82 Å². The van der Waals surface area contributed by atoms with E-state index in [2.05, 4.69) is 20.5 Å². The number of hydrogen-bond donors (Lipinski definition) is 2. The van der Waals surface area contributed by atoms with Crippen LogP contribution in [0.5, 0.6) is 0 Å². The molecule has 6 heteroatoms. The predicted octanol–water partition coefficient (Wildman–Crippen LogP) is 1.90. The summed E-state index contributed by atoms with van der Waals surface area (Å²) in [4.78, 5) is 15.9. The topological polar surface area (TPSA) is 70.7 Å². The van der Waals surface area contributed by atoms with Gasteiger partial charge in [0.25, 0.3) is 0 Å². The molecule has 0 saturated heterocycles. The van der Waals surface area contributed by atoms with Crippen molar-refractivity contribution >= 4 is 17.7 Å². The van der Waals surface area contributed by atoms with Gasteiger partial charge in [0.15, 0.2) is 0 Å². The van der Waals surface area contributed by atoms with Crippen LogP contribution in [-0.2, 0) is 4.79 Å². The van der Waals surface area contributed by atoms with Gasteiger partial charge >= 0.3 is 0 Å². The fraction of sp³-hybridized carbons (Fsp3) is 0.750. The van der Waals surface area contributed by atoms with Crippen LogP contribution in [0.25, 0.3) is 0 Å². The van der Waals surface area contributed by atoms with Crippen molar-refractivity contribution in [2.45, 2.75) is 44.2 Å². The van der Waals surface area contributed by atoms with E-state index in [-0.39, 0.29) is 11.8 Å². The molecule has 1 amide bonds. The van der Waals surface area contributed by atoms with Crippen LogP contribution in [0.15, 0.2) is 5.16 Å². The summed E-state index contributed by atoms with van der Waals surface area (Å²) in [6.45, 7) is 2.64. The maximum Gasteiger partial charge on any atom is 0.223 e. The highest BCUT2D eigenvalue weighted by molar-refractivity contribution is 7.99. The van der Waals surface area contributed by atoms with E-state index >= 15 is 0 Å². The molecule has 0 unspecified atom stereocenters. The first-order valence-corrected chi connectivity index (χ1v) is 7.54. The summed E-state index contributed by atoms with van der Waals surface area (Å²) in [7, 11) is 0. The zero-order valence-electron chi connectivity index (χ0n) is 10.7. The fourth-order valence-electron chi connectivity index (χ4n) is 2.17. The summed E-state index contributed by atoms with van der Waals surface area (Å²) in [6.07, 6.45) is 5.50. The van der Waals surface area contributed by atoms with Gasteiger partial charge in [-0.15, -0.1) is 5.10 Å². The van der Waals surface area contributed by atoms with E-state index in [9.17, 15) is 4.79 Å². The number of carbonyl (C=O) groups is 1. The summed E-state index contributed by atoms with van der Waals surface area (Å²) < 4.78 is 0. The second kappa shape index (κ2) is 6.78. The van der Waals surface area contributed by atoms with E-state index in [1.165, 1.54) is 12.8 Å². The third kappa shape index (κ3) is 4.01. The molecular formula is C12H20N4OS. The molecule has 2 N–H and O–H groups in total. The maximum absolute atomic E-state index is 11.7. The minimum absolute atomic E-state index is 0.242. The number of H-pyrrole nitrogens is 1. The molecule has 5 nitrogen and oxygen atoms in total. The lowest BCUT2D eigenvalue weighted by Crippen LogP contribution is -2.30. The van der Waals surface area contributed by atoms with Crippen LogP contribution in [0.1, 0.15) is 37.9 Å². The van der Waals surface area contributed by atoms with Crippen molar-refractivity contribution < 1.29 is 4.79 Å². The number of thioether (sulfide) groups is 1.